The summed E-state index contributed by atoms with van der Waals surface area (Å²) in [6.07, 6.45) is 3.82. The number of benzene rings is 1. The van der Waals surface area contributed by atoms with Gasteiger partial charge in [0.15, 0.2) is 0 Å². The van der Waals surface area contributed by atoms with Crippen molar-refractivity contribution in [3.63, 3.8) is 0 Å². The smallest absolute Gasteiger partial charge is 0.115 e. The molecule has 1 fully saturated rings. The third-order valence-corrected chi connectivity index (χ3v) is 3.53. The topological polar surface area (TPSA) is 3.24 Å². The lowest BCUT2D eigenvalue weighted by Crippen LogP contribution is -2.26. The number of hydrogen-bond acceptors (Lipinski definition) is 1. The Balaban J connectivity index is 1.81. The number of alkyl halides is 1. The van der Waals surface area contributed by atoms with Crippen molar-refractivity contribution in [2.45, 2.75) is 32.9 Å². The molecule has 1 saturated heterocycles. The number of hydrogen-bond donors (Lipinski definition) is 0. The maximum Gasteiger partial charge on any atom is 0.115 e. The predicted octanol–water partition coefficient (Wildman–Crippen LogP) is 3.43. The standard InChI is InChI=1S/C15H22FN/c1-13(12-17-8-2-3-9-17)10-14-4-6-15(11-16)7-5-14/h4-7,13H,2-3,8-12H2,1H3. The van der Waals surface area contributed by atoms with Crippen molar-refractivity contribution in [2.75, 3.05) is 19.6 Å². The van der Waals surface area contributed by atoms with Crippen molar-refractivity contribution < 1.29 is 4.39 Å². The largest absolute Gasteiger partial charge is 0.303 e. The quantitative estimate of drug-likeness (QED) is 0.755. The zero-order valence-electron chi connectivity index (χ0n) is 10.7. The van der Waals surface area contributed by atoms with Crippen molar-refractivity contribution in [2.24, 2.45) is 5.92 Å². The molecule has 1 aromatic rings. The van der Waals surface area contributed by atoms with Crippen LogP contribution in [0.3, 0.4) is 0 Å². The van der Waals surface area contributed by atoms with E-state index in [9.17, 15) is 4.39 Å². The molecule has 0 aliphatic carbocycles. The van der Waals surface area contributed by atoms with E-state index in [1.165, 1.54) is 38.0 Å². The normalized spacial score (nSPS) is 18.5. The minimum absolute atomic E-state index is 0.358. The van der Waals surface area contributed by atoms with Crippen molar-refractivity contribution in [3.8, 4) is 0 Å². The second kappa shape index (κ2) is 6.15. The number of likely N-dealkylation sites (tertiary alicyclic amines) is 1. The highest BCUT2D eigenvalue weighted by Gasteiger charge is 2.14. The molecule has 1 heterocycles. The fourth-order valence-electron chi connectivity index (χ4n) is 2.64. The molecule has 0 saturated carbocycles. The van der Waals surface area contributed by atoms with E-state index in [2.05, 4.69) is 24.0 Å². The summed E-state index contributed by atoms with van der Waals surface area (Å²) in [5.74, 6) is 0.685. The third-order valence-electron chi connectivity index (χ3n) is 3.53. The Kier molecular flexibility index (Phi) is 4.55. The van der Waals surface area contributed by atoms with E-state index in [1.54, 1.807) is 0 Å². The van der Waals surface area contributed by atoms with Crippen LogP contribution in [0, 0.1) is 5.92 Å². The van der Waals surface area contributed by atoms with E-state index in [4.69, 9.17) is 0 Å². The highest BCUT2D eigenvalue weighted by Crippen LogP contribution is 2.15. The first-order chi connectivity index (χ1) is 8.28. The van der Waals surface area contributed by atoms with E-state index < -0.39 is 0 Å². The monoisotopic (exact) mass is 235 g/mol. The van der Waals surface area contributed by atoms with E-state index >= 15 is 0 Å². The predicted molar refractivity (Wildman–Crippen MR) is 69.8 cm³/mol. The van der Waals surface area contributed by atoms with Crippen LogP contribution in [0.25, 0.3) is 0 Å². The minimum Gasteiger partial charge on any atom is -0.303 e. The molecule has 0 amide bonds. The maximum absolute atomic E-state index is 12.4. The molecular formula is C15H22FN. The van der Waals surface area contributed by atoms with Crippen LogP contribution in [-0.2, 0) is 13.1 Å². The first-order valence-corrected chi connectivity index (χ1v) is 6.64. The van der Waals surface area contributed by atoms with Gasteiger partial charge in [0.05, 0.1) is 0 Å². The summed E-state index contributed by atoms with van der Waals surface area (Å²) >= 11 is 0. The molecule has 0 aromatic heterocycles. The molecule has 2 heteroatoms. The molecule has 1 aliphatic rings. The SMILES string of the molecule is CC(Cc1ccc(CF)cc1)CN1CCCC1. The Morgan fingerprint density at radius 2 is 1.71 bits per heavy atom. The van der Waals surface area contributed by atoms with Crippen LogP contribution in [0.15, 0.2) is 24.3 Å². The highest BCUT2D eigenvalue weighted by molar-refractivity contribution is 5.22. The van der Waals surface area contributed by atoms with Crippen molar-refractivity contribution in [1.29, 1.82) is 0 Å². The van der Waals surface area contributed by atoms with Gasteiger partial charge in [-0.3, -0.25) is 0 Å². The molecule has 0 spiro atoms. The molecule has 1 atom stereocenters. The molecule has 2 rings (SSSR count). The lowest BCUT2D eigenvalue weighted by molar-refractivity contribution is 0.287. The van der Waals surface area contributed by atoms with E-state index in [0.29, 0.717) is 5.92 Å². The summed E-state index contributed by atoms with van der Waals surface area (Å²) in [5.41, 5.74) is 2.11. The van der Waals surface area contributed by atoms with E-state index in [-0.39, 0.29) is 6.67 Å². The minimum atomic E-state index is -0.358. The van der Waals surface area contributed by atoms with Gasteiger partial charge in [0.1, 0.15) is 6.67 Å². The summed E-state index contributed by atoms with van der Waals surface area (Å²) in [6.45, 7) is 5.69. The van der Waals surface area contributed by atoms with E-state index in [1.807, 2.05) is 12.1 Å². The zero-order chi connectivity index (χ0) is 12.1. The van der Waals surface area contributed by atoms with Crippen LogP contribution >= 0.6 is 0 Å². The van der Waals surface area contributed by atoms with Crippen LogP contribution in [0.4, 0.5) is 4.39 Å². The Bertz CT molecular complexity index is 327. The fourth-order valence-corrected chi connectivity index (χ4v) is 2.64. The van der Waals surface area contributed by atoms with Crippen LogP contribution in [0.1, 0.15) is 30.9 Å². The molecule has 17 heavy (non-hydrogen) atoms. The Morgan fingerprint density at radius 1 is 1.12 bits per heavy atom. The third kappa shape index (κ3) is 3.81. The van der Waals surface area contributed by atoms with Crippen LogP contribution in [0.2, 0.25) is 0 Å². The lowest BCUT2D eigenvalue weighted by Gasteiger charge is -2.20. The maximum atomic E-state index is 12.4. The van der Waals surface area contributed by atoms with Crippen molar-refractivity contribution in [3.05, 3.63) is 35.4 Å². The van der Waals surface area contributed by atoms with Gasteiger partial charge in [-0.2, -0.15) is 0 Å². The van der Waals surface area contributed by atoms with Crippen LogP contribution in [-0.4, -0.2) is 24.5 Å². The zero-order valence-corrected chi connectivity index (χ0v) is 10.7. The van der Waals surface area contributed by atoms with Gasteiger partial charge in [0, 0.05) is 6.54 Å². The Labute approximate surface area is 104 Å². The summed E-state index contributed by atoms with van der Waals surface area (Å²) < 4.78 is 12.4. The number of rotatable bonds is 5. The molecule has 0 radical (unpaired) electrons. The van der Waals surface area contributed by atoms with Crippen molar-refractivity contribution in [1.82, 2.24) is 4.90 Å². The van der Waals surface area contributed by atoms with Gasteiger partial charge in [-0.05, 0) is 49.4 Å². The molecule has 94 valence electrons. The number of halogens is 1. The van der Waals surface area contributed by atoms with Gasteiger partial charge in [-0.15, -0.1) is 0 Å². The van der Waals surface area contributed by atoms with Gasteiger partial charge in [0.2, 0.25) is 0 Å². The second-order valence-corrected chi connectivity index (χ2v) is 5.27. The first kappa shape index (κ1) is 12.6. The van der Waals surface area contributed by atoms with Crippen LogP contribution in [0.5, 0.6) is 0 Å². The Hall–Kier alpha value is -0.890. The van der Waals surface area contributed by atoms with Gasteiger partial charge >= 0.3 is 0 Å². The second-order valence-electron chi connectivity index (χ2n) is 5.27. The molecular weight excluding hydrogens is 213 g/mol. The fraction of sp³-hybridized carbons (Fsp3) is 0.600. The molecule has 0 bridgehead atoms. The number of nitrogens with zero attached hydrogens (tertiary/aromatic N) is 1. The molecule has 1 aromatic carbocycles. The first-order valence-electron chi connectivity index (χ1n) is 6.64. The summed E-state index contributed by atoms with van der Waals surface area (Å²) in [4.78, 5) is 2.56. The average molecular weight is 235 g/mol. The van der Waals surface area contributed by atoms with Crippen LogP contribution < -0.4 is 0 Å². The van der Waals surface area contributed by atoms with Gasteiger partial charge in [0.25, 0.3) is 0 Å². The van der Waals surface area contributed by atoms with Crippen molar-refractivity contribution >= 4 is 0 Å². The molecule has 1 unspecified atom stereocenters. The Morgan fingerprint density at radius 3 is 2.29 bits per heavy atom. The molecule has 1 aliphatic heterocycles. The molecule has 1 nitrogen and oxygen atoms in total. The summed E-state index contributed by atoms with van der Waals surface area (Å²) in [7, 11) is 0. The summed E-state index contributed by atoms with van der Waals surface area (Å²) in [5, 5.41) is 0. The van der Waals surface area contributed by atoms with Gasteiger partial charge in [-0.25, -0.2) is 4.39 Å². The lowest BCUT2D eigenvalue weighted by atomic mass is 10.00. The highest BCUT2D eigenvalue weighted by atomic mass is 19.1. The average Bonchev–Trinajstić information content (AvgIpc) is 2.82. The van der Waals surface area contributed by atoms with Gasteiger partial charge in [-0.1, -0.05) is 31.2 Å². The van der Waals surface area contributed by atoms with E-state index in [0.717, 1.165) is 12.0 Å². The summed E-state index contributed by atoms with van der Waals surface area (Å²) in [6, 6.07) is 7.93. The van der Waals surface area contributed by atoms with Gasteiger partial charge < -0.3 is 4.90 Å². The molecule has 0 N–H and O–H groups in total.